The number of esters is 1. The summed E-state index contributed by atoms with van der Waals surface area (Å²) in [5.74, 6) is -1.30. The molecule has 0 aliphatic carbocycles. The average Bonchev–Trinajstić information content (AvgIpc) is 2.98. The van der Waals surface area contributed by atoms with Crippen molar-refractivity contribution in [1.82, 2.24) is 0 Å². The van der Waals surface area contributed by atoms with E-state index in [1.807, 2.05) is 20.8 Å². The van der Waals surface area contributed by atoms with Crippen LogP contribution in [0.5, 0.6) is 34.5 Å². The lowest BCUT2D eigenvalue weighted by molar-refractivity contribution is 0.0235. The molecule has 2 heterocycles. The van der Waals surface area contributed by atoms with Crippen LogP contribution in [0.3, 0.4) is 0 Å². The van der Waals surface area contributed by atoms with Crippen molar-refractivity contribution in [2.75, 3.05) is 0 Å². The predicted molar refractivity (Wildman–Crippen MR) is 109 cm³/mol. The first-order chi connectivity index (χ1) is 14.0. The van der Waals surface area contributed by atoms with Crippen molar-refractivity contribution in [2.45, 2.75) is 65.6 Å². The topological polar surface area (TPSA) is 105 Å². The molecule has 30 heavy (non-hydrogen) atoms. The number of carbonyl (C=O) groups is 1. The van der Waals surface area contributed by atoms with Crippen molar-refractivity contribution in [3.05, 3.63) is 33.9 Å². The molecular formula is C23H26O7. The summed E-state index contributed by atoms with van der Waals surface area (Å²) in [5.41, 5.74) is 2.67. The van der Waals surface area contributed by atoms with E-state index in [1.165, 1.54) is 6.07 Å². The van der Waals surface area contributed by atoms with Crippen LogP contribution in [0.2, 0.25) is 0 Å². The lowest BCUT2D eigenvalue weighted by Gasteiger charge is -2.31. The number of carbonyl (C=O) groups excluding carboxylic acids is 1. The van der Waals surface area contributed by atoms with Gasteiger partial charge in [0.15, 0.2) is 11.5 Å². The maximum atomic E-state index is 12.7. The molecule has 0 spiro atoms. The minimum Gasteiger partial charge on any atom is -0.508 e. The van der Waals surface area contributed by atoms with Crippen molar-refractivity contribution in [1.29, 1.82) is 0 Å². The SMILES string of the molecule is Cc1c(O)c(O)c(Oc2cc(O)c(C)c3c2C(=O)O[C@H](C)[C@H]3C)c2c1[C@H](C)[C@@H](C)O2. The molecule has 2 aliphatic heterocycles. The van der Waals surface area contributed by atoms with E-state index in [-0.39, 0.29) is 52.6 Å². The Labute approximate surface area is 174 Å². The highest BCUT2D eigenvalue weighted by atomic mass is 16.6. The summed E-state index contributed by atoms with van der Waals surface area (Å²) < 4.78 is 17.4. The van der Waals surface area contributed by atoms with E-state index >= 15 is 0 Å². The molecule has 7 nitrogen and oxygen atoms in total. The van der Waals surface area contributed by atoms with Gasteiger partial charge in [0.1, 0.15) is 29.3 Å². The fourth-order valence-corrected chi connectivity index (χ4v) is 4.39. The highest BCUT2D eigenvalue weighted by Gasteiger charge is 2.39. The zero-order valence-corrected chi connectivity index (χ0v) is 17.9. The molecule has 0 unspecified atom stereocenters. The standard InChI is InChI=1S/C23H26O7/c1-8-13(6)29-23(27)18-15(7-14(24)10(3)16(8)18)30-22-20(26)19(25)11(4)17-9(2)12(5)28-21(17)22/h7-9,12-13,24-26H,1-6H3/t8-,9-,12-,13-/m1/s1. The van der Waals surface area contributed by atoms with E-state index in [0.717, 1.165) is 5.56 Å². The van der Waals surface area contributed by atoms with Gasteiger partial charge in [-0.15, -0.1) is 0 Å². The molecule has 4 atom stereocenters. The van der Waals surface area contributed by atoms with E-state index in [0.29, 0.717) is 22.4 Å². The van der Waals surface area contributed by atoms with E-state index in [4.69, 9.17) is 14.2 Å². The van der Waals surface area contributed by atoms with Gasteiger partial charge in [-0.25, -0.2) is 4.79 Å². The summed E-state index contributed by atoms with van der Waals surface area (Å²) in [6.45, 7) is 11.0. The first kappa shape index (κ1) is 20.2. The smallest absolute Gasteiger partial charge is 0.342 e. The molecule has 0 saturated carbocycles. The molecule has 0 fully saturated rings. The number of hydrogen-bond donors (Lipinski definition) is 3. The number of ether oxygens (including phenoxy) is 3. The van der Waals surface area contributed by atoms with Gasteiger partial charge in [-0.05, 0) is 38.8 Å². The van der Waals surface area contributed by atoms with Gasteiger partial charge in [-0.2, -0.15) is 0 Å². The Morgan fingerprint density at radius 2 is 1.47 bits per heavy atom. The third kappa shape index (κ3) is 2.68. The van der Waals surface area contributed by atoms with Gasteiger partial charge in [-0.3, -0.25) is 0 Å². The van der Waals surface area contributed by atoms with E-state index in [9.17, 15) is 20.1 Å². The van der Waals surface area contributed by atoms with Crippen molar-refractivity contribution < 1.29 is 34.3 Å². The Morgan fingerprint density at radius 1 is 0.867 bits per heavy atom. The average molecular weight is 414 g/mol. The van der Waals surface area contributed by atoms with Crippen LogP contribution in [-0.4, -0.2) is 33.5 Å². The highest BCUT2D eigenvalue weighted by molar-refractivity contribution is 5.97. The highest BCUT2D eigenvalue weighted by Crippen LogP contribution is 2.56. The Balaban J connectivity index is 1.94. The minimum absolute atomic E-state index is 0.0278. The fraction of sp³-hybridized carbons (Fsp3) is 0.435. The van der Waals surface area contributed by atoms with Gasteiger partial charge in [0.05, 0.1) is 0 Å². The van der Waals surface area contributed by atoms with Gasteiger partial charge in [0.2, 0.25) is 11.5 Å². The Morgan fingerprint density at radius 3 is 2.13 bits per heavy atom. The number of fused-ring (bicyclic) bond motifs is 2. The molecular weight excluding hydrogens is 388 g/mol. The fourth-order valence-electron chi connectivity index (χ4n) is 4.39. The van der Waals surface area contributed by atoms with Crippen LogP contribution in [0.25, 0.3) is 0 Å². The summed E-state index contributed by atoms with van der Waals surface area (Å²) in [7, 11) is 0. The van der Waals surface area contributed by atoms with E-state index in [2.05, 4.69) is 0 Å². The van der Waals surface area contributed by atoms with Crippen LogP contribution in [-0.2, 0) is 4.74 Å². The molecule has 7 heteroatoms. The molecule has 0 bridgehead atoms. The second kappa shape index (κ2) is 6.72. The summed E-state index contributed by atoms with van der Waals surface area (Å²) in [6, 6.07) is 1.32. The normalized spacial score (nSPS) is 24.7. The summed E-state index contributed by atoms with van der Waals surface area (Å²) in [6.07, 6.45) is -0.544. The van der Waals surface area contributed by atoms with E-state index < -0.39 is 11.7 Å². The lowest BCUT2D eigenvalue weighted by Crippen LogP contribution is -2.29. The summed E-state index contributed by atoms with van der Waals surface area (Å²) >= 11 is 0. The molecule has 0 radical (unpaired) electrons. The maximum absolute atomic E-state index is 12.7. The minimum atomic E-state index is -0.566. The van der Waals surface area contributed by atoms with Crippen LogP contribution in [0.1, 0.15) is 72.1 Å². The largest absolute Gasteiger partial charge is 0.508 e. The number of phenolic OH excluding ortho intramolecular Hbond substituents is 3. The van der Waals surface area contributed by atoms with Crippen LogP contribution < -0.4 is 9.47 Å². The number of cyclic esters (lactones) is 1. The van der Waals surface area contributed by atoms with Crippen molar-refractivity contribution in [3.63, 3.8) is 0 Å². The molecule has 0 aromatic heterocycles. The lowest BCUT2D eigenvalue weighted by atomic mass is 9.85. The van der Waals surface area contributed by atoms with Crippen LogP contribution in [0.4, 0.5) is 0 Å². The molecule has 160 valence electrons. The number of phenols is 3. The van der Waals surface area contributed by atoms with E-state index in [1.54, 1.807) is 20.8 Å². The number of aromatic hydroxyl groups is 3. The molecule has 2 aromatic rings. The second-order valence-corrected chi connectivity index (χ2v) is 8.31. The Kier molecular flexibility index (Phi) is 4.52. The first-order valence-electron chi connectivity index (χ1n) is 10.0. The van der Waals surface area contributed by atoms with Gasteiger partial charge in [0, 0.05) is 29.0 Å². The molecule has 0 saturated heterocycles. The van der Waals surface area contributed by atoms with Crippen LogP contribution >= 0.6 is 0 Å². The van der Waals surface area contributed by atoms with Crippen molar-refractivity contribution in [3.8, 4) is 34.5 Å². The van der Waals surface area contributed by atoms with Gasteiger partial charge < -0.3 is 29.5 Å². The second-order valence-electron chi connectivity index (χ2n) is 8.31. The number of hydrogen-bond acceptors (Lipinski definition) is 7. The molecule has 4 rings (SSSR count). The Bertz CT molecular complexity index is 1070. The number of benzene rings is 2. The monoisotopic (exact) mass is 414 g/mol. The predicted octanol–water partition coefficient (Wildman–Crippen LogP) is 4.76. The van der Waals surface area contributed by atoms with Crippen LogP contribution in [0, 0.1) is 13.8 Å². The zero-order chi connectivity index (χ0) is 22.1. The van der Waals surface area contributed by atoms with Crippen LogP contribution in [0.15, 0.2) is 6.07 Å². The maximum Gasteiger partial charge on any atom is 0.342 e. The summed E-state index contributed by atoms with van der Waals surface area (Å²) in [5, 5.41) is 31.6. The van der Waals surface area contributed by atoms with Gasteiger partial charge in [-0.1, -0.05) is 13.8 Å². The van der Waals surface area contributed by atoms with Crippen molar-refractivity contribution >= 4 is 5.97 Å². The van der Waals surface area contributed by atoms with Gasteiger partial charge in [0.25, 0.3) is 0 Å². The van der Waals surface area contributed by atoms with Crippen molar-refractivity contribution in [2.24, 2.45) is 0 Å². The number of rotatable bonds is 2. The zero-order valence-electron chi connectivity index (χ0n) is 17.9. The first-order valence-corrected chi connectivity index (χ1v) is 10.0. The van der Waals surface area contributed by atoms with Gasteiger partial charge >= 0.3 is 5.97 Å². The molecule has 2 aromatic carbocycles. The summed E-state index contributed by atoms with van der Waals surface area (Å²) in [4.78, 5) is 12.7. The quantitative estimate of drug-likeness (QED) is 0.481. The third-order valence-corrected chi connectivity index (χ3v) is 6.55. The molecule has 2 aliphatic rings. The molecule has 3 N–H and O–H groups in total. The third-order valence-electron chi connectivity index (χ3n) is 6.55. The Hall–Kier alpha value is -3.09. The molecule has 0 amide bonds.